The lowest BCUT2D eigenvalue weighted by Crippen LogP contribution is -1.95. The molecule has 0 saturated carbocycles. The molecule has 0 spiro atoms. The first-order valence-corrected chi connectivity index (χ1v) is 4.75. The molecule has 0 unspecified atom stereocenters. The lowest BCUT2D eigenvalue weighted by atomic mass is 10.6. The molecule has 68 valence electrons. The van der Waals surface area contributed by atoms with Crippen LogP contribution in [0.4, 0.5) is 5.13 Å². The van der Waals surface area contributed by atoms with Gasteiger partial charge in [0.1, 0.15) is 0 Å². The molecule has 2 heterocycles. The smallest absolute Gasteiger partial charge is 0.210 e. The van der Waals surface area contributed by atoms with Gasteiger partial charge in [0.2, 0.25) is 11.0 Å². The lowest BCUT2D eigenvalue weighted by Gasteiger charge is -1.91. The summed E-state index contributed by atoms with van der Waals surface area (Å²) in [5.41, 5.74) is 0. The Labute approximate surface area is 79.4 Å². The minimum Gasteiger partial charge on any atom is -0.361 e. The quantitative estimate of drug-likeness (QED) is 0.776. The molecule has 13 heavy (non-hydrogen) atoms. The Hall–Kier alpha value is -1.43. The van der Waals surface area contributed by atoms with E-state index in [-0.39, 0.29) is 0 Å². The van der Waals surface area contributed by atoms with Gasteiger partial charge in [-0.15, -0.1) is 0 Å². The average Bonchev–Trinajstić information content (AvgIpc) is 2.70. The van der Waals surface area contributed by atoms with Crippen LogP contribution in [0.3, 0.4) is 0 Å². The maximum Gasteiger partial charge on any atom is 0.210 e. The highest BCUT2D eigenvalue weighted by Gasteiger charge is 2.06. The van der Waals surface area contributed by atoms with Crippen LogP contribution >= 0.6 is 11.5 Å². The minimum atomic E-state index is 0.644. The van der Waals surface area contributed by atoms with Crippen LogP contribution in [0.15, 0.2) is 12.4 Å². The van der Waals surface area contributed by atoms with Gasteiger partial charge in [-0.05, 0) is 6.92 Å². The van der Waals surface area contributed by atoms with Gasteiger partial charge in [0.05, 0.1) is 0 Å². The van der Waals surface area contributed by atoms with E-state index in [0.717, 1.165) is 11.7 Å². The predicted octanol–water partition coefficient (Wildman–Crippen LogP) is 1.36. The molecule has 2 N–H and O–H groups in total. The van der Waals surface area contributed by atoms with Crippen molar-refractivity contribution < 1.29 is 0 Å². The Morgan fingerprint density at radius 1 is 1.62 bits per heavy atom. The van der Waals surface area contributed by atoms with Crippen LogP contribution in [0.2, 0.25) is 0 Å². The standard InChI is InChI=1S/C7H9N5S/c1-2-8-7-11-6(12-13-7)5-9-3-4-10-5/h3-4H,2H2,1H3,(H,9,10)(H,8,11,12). The molecule has 2 aromatic rings. The van der Waals surface area contributed by atoms with Crippen molar-refractivity contribution in [3.8, 4) is 11.6 Å². The van der Waals surface area contributed by atoms with Gasteiger partial charge < -0.3 is 10.3 Å². The van der Waals surface area contributed by atoms with Crippen molar-refractivity contribution in [3.63, 3.8) is 0 Å². The topological polar surface area (TPSA) is 66.5 Å². The normalized spacial score (nSPS) is 10.2. The van der Waals surface area contributed by atoms with Crippen molar-refractivity contribution in [2.24, 2.45) is 0 Å². The third-order valence-corrected chi connectivity index (χ3v) is 2.14. The third kappa shape index (κ3) is 1.67. The van der Waals surface area contributed by atoms with E-state index < -0.39 is 0 Å². The second-order valence-corrected chi connectivity index (χ2v) is 3.14. The van der Waals surface area contributed by atoms with Gasteiger partial charge in [0.15, 0.2) is 5.82 Å². The molecule has 0 aromatic carbocycles. The van der Waals surface area contributed by atoms with Crippen molar-refractivity contribution >= 4 is 16.7 Å². The van der Waals surface area contributed by atoms with Gasteiger partial charge in [0.25, 0.3) is 0 Å². The van der Waals surface area contributed by atoms with Gasteiger partial charge in [-0.2, -0.15) is 9.36 Å². The number of H-pyrrole nitrogens is 1. The summed E-state index contributed by atoms with van der Waals surface area (Å²) in [5, 5.41) is 3.92. The van der Waals surface area contributed by atoms with Crippen molar-refractivity contribution in [2.45, 2.75) is 6.92 Å². The zero-order valence-electron chi connectivity index (χ0n) is 7.11. The first kappa shape index (κ1) is 8.18. The second kappa shape index (κ2) is 3.53. The molecule has 2 aromatic heterocycles. The predicted molar refractivity (Wildman–Crippen MR) is 51.7 cm³/mol. The number of aromatic nitrogens is 4. The van der Waals surface area contributed by atoms with E-state index in [2.05, 4.69) is 24.6 Å². The fourth-order valence-corrected chi connectivity index (χ4v) is 1.57. The number of rotatable bonds is 3. The molecule has 0 saturated heterocycles. The summed E-state index contributed by atoms with van der Waals surface area (Å²) >= 11 is 1.34. The fraction of sp³-hybridized carbons (Fsp3) is 0.286. The highest BCUT2D eigenvalue weighted by atomic mass is 32.1. The first-order valence-electron chi connectivity index (χ1n) is 3.97. The minimum absolute atomic E-state index is 0.644. The zero-order valence-corrected chi connectivity index (χ0v) is 7.93. The summed E-state index contributed by atoms with van der Waals surface area (Å²) in [4.78, 5) is 11.3. The summed E-state index contributed by atoms with van der Waals surface area (Å²) in [6, 6.07) is 0. The molecule has 0 aliphatic carbocycles. The number of imidazole rings is 1. The van der Waals surface area contributed by atoms with E-state index in [4.69, 9.17) is 0 Å². The van der Waals surface area contributed by atoms with Crippen LogP contribution in [0, 0.1) is 0 Å². The van der Waals surface area contributed by atoms with Crippen LogP contribution in [0.25, 0.3) is 11.6 Å². The van der Waals surface area contributed by atoms with Crippen molar-refractivity contribution in [1.29, 1.82) is 0 Å². The van der Waals surface area contributed by atoms with Crippen molar-refractivity contribution in [3.05, 3.63) is 12.4 Å². The number of hydrogen-bond donors (Lipinski definition) is 2. The molecule has 0 aliphatic rings. The van der Waals surface area contributed by atoms with Crippen LogP contribution in [-0.4, -0.2) is 25.9 Å². The molecule has 0 amide bonds. The largest absolute Gasteiger partial charge is 0.361 e. The Bertz CT molecular complexity index is 366. The molecule has 2 rings (SSSR count). The van der Waals surface area contributed by atoms with E-state index in [9.17, 15) is 0 Å². The Morgan fingerprint density at radius 3 is 3.23 bits per heavy atom. The first-order chi connectivity index (χ1) is 6.40. The summed E-state index contributed by atoms with van der Waals surface area (Å²) in [6.07, 6.45) is 3.44. The number of anilines is 1. The van der Waals surface area contributed by atoms with E-state index in [1.165, 1.54) is 11.5 Å². The number of nitrogens with zero attached hydrogens (tertiary/aromatic N) is 3. The molecule has 6 heteroatoms. The number of nitrogens with one attached hydrogen (secondary N) is 2. The van der Waals surface area contributed by atoms with E-state index >= 15 is 0 Å². The molecule has 0 aliphatic heterocycles. The Morgan fingerprint density at radius 2 is 2.54 bits per heavy atom. The highest BCUT2D eigenvalue weighted by Crippen LogP contribution is 2.16. The van der Waals surface area contributed by atoms with Crippen LogP contribution in [-0.2, 0) is 0 Å². The molecule has 5 nitrogen and oxygen atoms in total. The highest BCUT2D eigenvalue weighted by molar-refractivity contribution is 7.09. The van der Waals surface area contributed by atoms with Crippen LogP contribution in [0.1, 0.15) is 6.92 Å². The van der Waals surface area contributed by atoms with Crippen molar-refractivity contribution in [1.82, 2.24) is 19.3 Å². The lowest BCUT2D eigenvalue weighted by molar-refractivity contribution is 1.16. The molecule has 0 radical (unpaired) electrons. The van der Waals surface area contributed by atoms with Crippen molar-refractivity contribution in [2.75, 3.05) is 11.9 Å². The Balaban J connectivity index is 2.23. The summed E-state index contributed by atoms with van der Waals surface area (Å²) < 4.78 is 4.15. The summed E-state index contributed by atoms with van der Waals surface area (Å²) in [5.74, 6) is 1.35. The SMILES string of the molecule is CCNc1nc(-c2ncc[nH]2)ns1. The van der Waals surface area contributed by atoms with Crippen LogP contribution in [0.5, 0.6) is 0 Å². The monoisotopic (exact) mass is 195 g/mol. The van der Waals surface area contributed by atoms with Gasteiger partial charge in [-0.1, -0.05) is 0 Å². The van der Waals surface area contributed by atoms with Gasteiger partial charge in [-0.25, -0.2) is 4.98 Å². The summed E-state index contributed by atoms with van der Waals surface area (Å²) in [6.45, 7) is 2.88. The number of hydrogen-bond acceptors (Lipinski definition) is 5. The zero-order chi connectivity index (χ0) is 9.10. The van der Waals surface area contributed by atoms with Gasteiger partial charge >= 0.3 is 0 Å². The molecular formula is C7H9N5S. The van der Waals surface area contributed by atoms with Gasteiger partial charge in [-0.3, -0.25) is 0 Å². The molecule has 0 atom stereocenters. The fourth-order valence-electron chi connectivity index (χ4n) is 0.930. The molecule has 0 bridgehead atoms. The Kier molecular flexibility index (Phi) is 2.22. The third-order valence-electron chi connectivity index (χ3n) is 1.46. The van der Waals surface area contributed by atoms with E-state index in [0.29, 0.717) is 11.6 Å². The second-order valence-electron chi connectivity index (χ2n) is 2.39. The van der Waals surface area contributed by atoms with Gasteiger partial charge in [0, 0.05) is 30.5 Å². The molecule has 0 fully saturated rings. The maximum atomic E-state index is 4.24. The number of aromatic amines is 1. The van der Waals surface area contributed by atoms with E-state index in [1.54, 1.807) is 12.4 Å². The van der Waals surface area contributed by atoms with Crippen LogP contribution < -0.4 is 5.32 Å². The summed E-state index contributed by atoms with van der Waals surface area (Å²) in [7, 11) is 0. The molecular weight excluding hydrogens is 186 g/mol. The maximum absolute atomic E-state index is 4.24. The average molecular weight is 195 g/mol. The van der Waals surface area contributed by atoms with E-state index in [1.807, 2.05) is 6.92 Å².